The van der Waals surface area contributed by atoms with Gasteiger partial charge in [-0.3, -0.25) is 14.9 Å². The molecule has 1 amide bonds. The highest BCUT2D eigenvalue weighted by molar-refractivity contribution is 5.81. The van der Waals surface area contributed by atoms with E-state index in [1.807, 2.05) is 0 Å². The second-order valence-corrected chi connectivity index (χ2v) is 4.50. The third kappa shape index (κ3) is 3.75. The van der Waals surface area contributed by atoms with Crippen LogP contribution >= 0.6 is 0 Å². The first-order valence-corrected chi connectivity index (χ1v) is 6.02. The molecule has 0 saturated carbocycles. The molecule has 0 saturated heterocycles. The van der Waals surface area contributed by atoms with Gasteiger partial charge in [-0.05, 0) is 6.92 Å². The number of alkyl halides is 3. The van der Waals surface area contributed by atoms with Gasteiger partial charge in [0.2, 0.25) is 11.3 Å². The SMILES string of the molecule is CNC(=O)[C@H](C)NC(c1c(O)c(=O)ccn1C)C(F)(F)F. The molecule has 0 aromatic carbocycles. The first kappa shape index (κ1) is 17.0. The van der Waals surface area contributed by atoms with Crippen molar-refractivity contribution in [1.82, 2.24) is 15.2 Å². The molecule has 21 heavy (non-hydrogen) atoms. The van der Waals surface area contributed by atoms with Gasteiger partial charge in [-0.25, -0.2) is 0 Å². The van der Waals surface area contributed by atoms with Crippen LogP contribution in [0.2, 0.25) is 0 Å². The van der Waals surface area contributed by atoms with Gasteiger partial charge in [0, 0.05) is 26.4 Å². The summed E-state index contributed by atoms with van der Waals surface area (Å²) in [6.07, 6.45) is -3.69. The summed E-state index contributed by atoms with van der Waals surface area (Å²) in [6.45, 7) is 1.25. The molecule has 1 aromatic rings. The predicted octanol–water partition coefficient (Wildman–Crippen LogP) is 0.418. The number of likely N-dealkylation sites (N-methyl/N-ethyl adjacent to an activating group) is 1. The molecule has 0 bridgehead atoms. The number of aromatic nitrogens is 1. The summed E-state index contributed by atoms with van der Waals surface area (Å²) < 4.78 is 40.6. The van der Waals surface area contributed by atoms with Gasteiger partial charge in [-0.15, -0.1) is 0 Å². The van der Waals surface area contributed by atoms with Crippen molar-refractivity contribution in [1.29, 1.82) is 0 Å². The minimum atomic E-state index is -4.80. The molecule has 0 aliphatic heterocycles. The molecule has 0 fully saturated rings. The summed E-state index contributed by atoms with van der Waals surface area (Å²) in [5, 5.41) is 13.9. The number of aromatic hydroxyl groups is 1. The highest BCUT2D eigenvalue weighted by atomic mass is 19.4. The second-order valence-electron chi connectivity index (χ2n) is 4.50. The van der Waals surface area contributed by atoms with Gasteiger partial charge in [-0.1, -0.05) is 0 Å². The van der Waals surface area contributed by atoms with Gasteiger partial charge < -0.3 is 15.0 Å². The van der Waals surface area contributed by atoms with E-state index < -0.39 is 41.0 Å². The van der Waals surface area contributed by atoms with Crippen LogP contribution in [-0.4, -0.2) is 34.8 Å². The normalized spacial score (nSPS) is 14.6. The fraction of sp³-hybridized carbons (Fsp3) is 0.500. The molecule has 1 aromatic heterocycles. The number of nitrogens with one attached hydrogen (secondary N) is 2. The Balaban J connectivity index is 3.32. The highest BCUT2D eigenvalue weighted by Crippen LogP contribution is 2.35. The Labute approximate surface area is 118 Å². The number of rotatable bonds is 4. The van der Waals surface area contributed by atoms with Crippen molar-refractivity contribution in [3.63, 3.8) is 0 Å². The molecule has 0 aliphatic rings. The second kappa shape index (κ2) is 6.17. The number of amides is 1. The fourth-order valence-electron chi connectivity index (χ4n) is 1.84. The quantitative estimate of drug-likeness (QED) is 0.753. The Morgan fingerprint density at radius 3 is 2.48 bits per heavy atom. The first-order chi connectivity index (χ1) is 9.59. The van der Waals surface area contributed by atoms with E-state index >= 15 is 0 Å². The molecule has 9 heteroatoms. The van der Waals surface area contributed by atoms with Crippen LogP contribution in [0, 0.1) is 0 Å². The van der Waals surface area contributed by atoms with Crippen LogP contribution in [-0.2, 0) is 11.8 Å². The van der Waals surface area contributed by atoms with E-state index in [2.05, 4.69) is 10.6 Å². The lowest BCUT2D eigenvalue weighted by molar-refractivity contribution is -0.162. The number of carbonyl (C=O) groups is 1. The Morgan fingerprint density at radius 2 is 2.00 bits per heavy atom. The topological polar surface area (TPSA) is 83.4 Å². The van der Waals surface area contributed by atoms with Crippen molar-refractivity contribution in [3.8, 4) is 5.75 Å². The smallest absolute Gasteiger partial charge is 0.409 e. The van der Waals surface area contributed by atoms with Crippen LogP contribution in [0.4, 0.5) is 13.2 Å². The number of pyridine rings is 1. The minimum absolute atomic E-state index is 0.647. The maximum atomic E-state index is 13.2. The standard InChI is InChI=1S/C12H16F3N3O3/c1-6(11(21)16-2)17-10(12(13,14)15)8-9(20)7(19)4-5-18(8)3/h4-6,10,17,20H,1-3H3,(H,16,21)/t6-,10?/m0/s1. The zero-order valence-electron chi connectivity index (χ0n) is 11.7. The van der Waals surface area contributed by atoms with Gasteiger partial charge in [0.05, 0.1) is 11.7 Å². The first-order valence-electron chi connectivity index (χ1n) is 6.02. The van der Waals surface area contributed by atoms with Crippen LogP contribution in [0.25, 0.3) is 0 Å². The maximum Gasteiger partial charge on any atom is 0.409 e. The largest absolute Gasteiger partial charge is 0.503 e. The lowest BCUT2D eigenvalue weighted by Gasteiger charge is -2.27. The third-order valence-electron chi connectivity index (χ3n) is 2.96. The third-order valence-corrected chi connectivity index (χ3v) is 2.96. The van der Waals surface area contributed by atoms with E-state index in [4.69, 9.17) is 0 Å². The van der Waals surface area contributed by atoms with Crippen molar-refractivity contribution < 1.29 is 23.1 Å². The van der Waals surface area contributed by atoms with Gasteiger partial charge in [0.15, 0.2) is 5.75 Å². The summed E-state index contributed by atoms with van der Waals surface area (Å²) >= 11 is 0. The van der Waals surface area contributed by atoms with E-state index in [1.54, 1.807) is 0 Å². The maximum absolute atomic E-state index is 13.2. The molecule has 0 spiro atoms. The van der Waals surface area contributed by atoms with E-state index in [9.17, 15) is 27.9 Å². The fourth-order valence-corrected chi connectivity index (χ4v) is 1.84. The van der Waals surface area contributed by atoms with Crippen molar-refractivity contribution in [2.45, 2.75) is 25.2 Å². The molecule has 6 nitrogen and oxygen atoms in total. The molecule has 118 valence electrons. The molecule has 1 unspecified atom stereocenters. The highest BCUT2D eigenvalue weighted by Gasteiger charge is 2.45. The van der Waals surface area contributed by atoms with Crippen LogP contribution < -0.4 is 16.1 Å². The van der Waals surface area contributed by atoms with Crippen molar-refractivity contribution in [3.05, 3.63) is 28.2 Å². The molecule has 0 aliphatic carbocycles. The zero-order chi connectivity index (χ0) is 16.4. The Bertz CT molecular complexity index is 583. The van der Waals surface area contributed by atoms with Crippen LogP contribution in [0.15, 0.2) is 17.1 Å². The Morgan fingerprint density at radius 1 is 1.43 bits per heavy atom. The summed E-state index contributed by atoms with van der Waals surface area (Å²) in [6, 6.07) is -2.57. The Kier molecular flexibility index (Phi) is 5.00. The van der Waals surface area contributed by atoms with Crippen molar-refractivity contribution >= 4 is 5.91 Å². The Hall–Kier alpha value is -2.03. The van der Waals surface area contributed by atoms with Crippen molar-refractivity contribution in [2.75, 3.05) is 7.05 Å². The summed E-state index contributed by atoms with van der Waals surface area (Å²) in [7, 11) is 2.55. The van der Waals surface area contributed by atoms with Gasteiger partial charge in [0.25, 0.3) is 0 Å². The molecule has 1 rings (SSSR count). The number of halogens is 3. The molecule has 2 atom stereocenters. The monoisotopic (exact) mass is 307 g/mol. The van der Waals surface area contributed by atoms with E-state index in [-0.39, 0.29) is 0 Å². The number of hydrogen-bond donors (Lipinski definition) is 3. The zero-order valence-corrected chi connectivity index (χ0v) is 11.7. The van der Waals surface area contributed by atoms with E-state index in [0.29, 0.717) is 0 Å². The number of nitrogens with zero attached hydrogens (tertiary/aromatic N) is 1. The average molecular weight is 307 g/mol. The number of hydrogen-bond acceptors (Lipinski definition) is 4. The summed E-state index contributed by atoms with van der Waals surface area (Å²) in [4.78, 5) is 22.7. The molecular weight excluding hydrogens is 291 g/mol. The number of aryl methyl sites for hydroxylation is 1. The summed E-state index contributed by atoms with van der Waals surface area (Å²) in [5.74, 6) is -1.65. The van der Waals surface area contributed by atoms with Crippen LogP contribution in [0.1, 0.15) is 18.7 Å². The molecule has 0 radical (unpaired) electrons. The average Bonchev–Trinajstić information content (AvgIpc) is 2.39. The van der Waals surface area contributed by atoms with Crippen molar-refractivity contribution in [2.24, 2.45) is 7.05 Å². The van der Waals surface area contributed by atoms with E-state index in [0.717, 1.165) is 16.8 Å². The summed E-state index contributed by atoms with van der Waals surface area (Å²) in [5.41, 5.74) is -1.57. The lowest BCUT2D eigenvalue weighted by Crippen LogP contribution is -2.47. The minimum Gasteiger partial charge on any atom is -0.503 e. The molecule has 3 N–H and O–H groups in total. The van der Waals surface area contributed by atoms with E-state index in [1.165, 1.54) is 21.0 Å². The van der Waals surface area contributed by atoms with Crippen LogP contribution in [0.5, 0.6) is 5.75 Å². The molecule has 1 heterocycles. The van der Waals surface area contributed by atoms with Gasteiger partial charge in [0.1, 0.15) is 6.04 Å². The molecular formula is C12H16F3N3O3. The number of carbonyl (C=O) groups excluding carboxylic acids is 1. The van der Waals surface area contributed by atoms with Crippen LogP contribution in [0.3, 0.4) is 0 Å². The predicted molar refractivity (Wildman–Crippen MR) is 68.8 cm³/mol. The lowest BCUT2D eigenvalue weighted by atomic mass is 10.1. The van der Waals surface area contributed by atoms with Gasteiger partial charge in [-0.2, -0.15) is 13.2 Å². The van der Waals surface area contributed by atoms with Gasteiger partial charge >= 0.3 is 6.18 Å².